The zero-order chi connectivity index (χ0) is 15.1. The third-order valence-electron chi connectivity index (χ3n) is 3.21. The average molecular weight is 430 g/mol. The first kappa shape index (κ1) is 14.7. The Morgan fingerprint density at radius 2 is 2.00 bits per heavy atom. The molecule has 2 aromatic rings. The Morgan fingerprint density at radius 1 is 1.24 bits per heavy atom. The van der Waals surface area contributed by atoms with Gasteiger partial charge in [-0.25, -0.2) is 0 Å². The summed E-state index contributed by atoms with van der Waals surface area (Å²) in [5.41, 5.74) is 1.92. The van der Waals surface area contributed by atoms with E-state index in [4.69, 9.17) is 0 Å². The summed E-state index contributed by atoms with van der Waals surface area (Å²) >= 11 is 8.60. The highest BCUT2D eigenvalue weighted by Crippen LogP contribution is 2.35. The number of thiophene rings is 1. The molecule has 0 saturated carbocycles. The highest BCUT2D eigenvalue weighted by atomic mass is 79.9. The van der Waals surface area contributed by atoms with E-state index in [1.165, 1.54) is 4.88 Å². The molecule has 0 fully saturated rings. The number of amides is 1. The first-order chi connectivity index (χ1) is 9.95. The van der Waals surface area contributed by atoms with E-state index in [9.17, 15) is 9.59 Å². The molecule has 21 heavy (non-hydrogen) atoms. The van der Waals surface area contributed by atoms with Crippen LogP contribution in [0.2, 0.25) is 0 Å². The largest absolute Gasteiger partial charge is 0.368 e. The van der Waals surface area contributed by atoms with Crippen LogP contribution in [0.15, 0.2) is 32.5 Å². The van der Waals surface area contributed by atoms with Crippen molar-refractivity contribution in [3.05, 3.63) is 43.0 Å². The number of rotatable bonds is 3. The lowest BCUT2D eigenvalue weighted by Crippen LogP contribution is -2.16. The SMILES string of the molecule is CN(Cc1cc(Br)cs1)c1cc2c(cc1Br)C(=O)C(=O)N2. The van der Waals surface area contributed by atoms with E-state index in [1.807, 2.05) is 18.5 Å². The Balaban J connectivity index is 1.91. The Bertz CT molecular complexity index is 757. The van der Waals surface area contributed by atoms with Crippen molar-refractivity contribution in [2.75, 3.05) is 17.3 Å². The van der Waals surface area contributed by atoms with Gasteiger partial charge in [0.05, 0.1) is 23.5 Å². The minimum atomic E-state index is -0.570. The molecule has 1 N–H and O–H groups in total. The molecular weight excluding hydrogens is 420 g/mol. The number of Topliss-reactive ketones (excluding diaryl/α,β-unsaturated/α-hetero) is 1. The fourth-order valence-corrected chi connectivity index (χ4v) is 4.35. The van der Waals surface area contributed by atoms with Crippen LogP contribution in [-0.4, -0.2) is 18.7 Å². The third kappa shape index (κ3) is 2.77. The minimum absolute atomic E-state index is 0.419. The summed E-state index contributed by atoms with van der Waals surface area (Å²) in [5.74, 6) is -1.05. The van der Waals surface area contributed by atoms with E-state index >= 15 is 0 Å². The van der Waals surface area contributed by atoms with Crippen LogP contribution in [0.25, 0.3) is 0 Å². The standard InChI is InChI=1S/C14H10Br2N2O2S/c1-18(5-8-2-7(15)6-21-8)12-4-11-9(3-10(12)16)13(19)14(20)17-11/h2-4,6H,5H2,1H3,(H,17,19,20). The van der Waals surface area contributed by atoms with Crippen molar-refractivity contribution in [1.29, 1.82) is 0 Å². The molecule has 1 aliphatic rings. The number of anilines is 2. The van der Waals surface area contributed by atoms with E-state index < -0.39 is 11.7 Å². The van der Waals surface area contributed by atoms with E-state index in [1.54, 1.807) is 17.4 Å². The summed E-state index contributed by atoms with van der Waals surface area (Å²) in [5, 5.41) is 4.64. The van der Waals surface area contributed by atoms with Crippen molar-refractivity contribution in [1.82, 2.24) is 0 Å². The van der Waals surface area contributed by atoms with Gasteiger partial charge in [0.25, 0.3) is 11.7 Å². The molecule has 0 spiro atoms. The van der Waals surface area contributed by atoms with Gasteiger partial charge in [-0.1, -0.05) is 0 Å². The number of benzene rings is 1. The van der Waals surface area contributed by atoms with Gasteiger partial charge in [-0.2, -0.15) is 0 Å². The number of nitrogens with zero attached hydrogens (tertiary/aromatic N) is 1. The van der Waals surface area contributed by atoms with Gasteiger partial charge in [-0.05, 0) is 50.1 Å². The molecule has 0 atom stereocenters. The van der Waals surface area contributed by atoms with E-state index in [-0.39, 0.29) is 0 Å². The number of nitrogens with one attached hydrogen (secondary N) is 1. The first-order valence-corrected chi connectivity index (χ1v) is 8.55. The third-order valence-corrected chi connectivity index (χ3v) is 5.53. The van der Waals surface area contributed by atoms with Crippen molar-refractivity contribution in [3.63, 3.8) is 0 Å². The summed E-state index contributed by atoms with van der Waals surface area (Å²) in [6.45, 7) is 0.746. The number of hydrogen-bond acceptors (Lipinski definition) is 4. The number of carbonyl (C=O) groups excluding carboxylic acids is 2. The van der Waals surface area contributed by atoms with Crippen LogP contribution in [0.1, 0.15) is 15.2 Å². The van der Waals surface area contributed by atoms with Crippen LogP contribution in [0.4, 0.5) is 11.4 Å². The lowest BCUT2D eigenvalue weighted by molar-refractivity contribution is -0.112. The molecule has 7 heteroatoms. The zero-order valence-corrected chi connectivity index (χ0v) is 14.9. The topological polar surface area (TPSA) is 49.4 Å². The van der Waals surface area contributed by atoms with Gasteiger partial charge >= 0.3 is 0 Å². The molecule has 1 amide bonds. The molecule has 3 rings (SSSR count). The minimum Gasteiger partial charge on any atom is -0.368 e. The van der Waals surface area contributed by atoms with Crippen molar-refractivity contribution in [3.8, 4) is 0 Å². The monoisotopic (exact) mass is 428 g/mol. The Hall–Kier alpha value is -1.18. The van der Waals surface area contributed by atoms with Crippen molar-refractivity contribution < 1.29 is 9.59 Å². The van der Waals surface area contributed by atoms with E-state index in [0.717, 1.165) is 21.2 Å². The second-order valence-electron chi connectivity index (χ2n) is 4.72. The number of carbonyl (C=O) groups is 2. The van der Waals surface area contributed by atoms with Gasteiger partial charge in [0.2, 0.25) is 0 Å². The van der Waals surface area contributed by atoms with Gasteiger partial charge < -0.3 is 10.2 Å². The normalized spacial score (nSPS) is 13.3. The van der Waals surface area contributed by atoms with Crippen LogP contribution < -0.4 is 10.2 Å². The number of halogens is 2. The van der Waals surface area contributed by atoms with E-state index in [2.05, 4.69) is 48.1 Å². The maximum absolute atomic E-state index is 11.7. The predicted octanol–water partition coefficient (Wildman–Crippen LogP) is 4.04. The van der Waals surface area contributed by atoms with E-state index in [0.29, 0.717) is 11.3 Å². The van der Waals surface area contributed by atoms with Gasteiger partial charge in [0.1, 0.15) is 0 Å². The van der Waals surface area contributed by atoms with Crippen molar-refractivity contribution >= 4 is 66.3 Å². The second-order valence-corrected chi connectivity index (χ2v) is 7.49. The van der Waals surface area contributed by atoms with Crippen LogP contribution in [0, 0.1) is 0 Å². The quantitative estimate of drug-likeness (QED) is 0.749. The fraction of sp³-hybridized carbons (Fsp3) is 0.143. The lowest BCUT2D eigenvalue weighted by Gasteiger charge is -2.20. The van der Waals surface area contributed by atoms with Gasteiger partial charge in [-0.15, -0.1) is 11.3 Å². The molecule has 0 radical (unpaired) electrons. The van der Waals surface area contributed by atoms with Crippen LogP contribution in [0.3, 0.4) is 0 Å². The summed E-state index contributed by atoms with van der Waals surface area (Å²) in [4.78, 5) is 26.4. The van der Waals surface area contributed by atoms with Gasteiger partial charge in [-0.3, -0.25) is 9.59 Å². The molecule has 0 unspecified atom stereocenters. The Kier molecular flexibility index (Phi) is 3.90. The van der Waals surface area contributed by atoms with Crippen molar-refractivity contribution in [2.45, 2.75) is 6.54 Å². The summed E-state index contributed by atoms with van der Waals surface area (Å²) in [7, 11) is 1.97. The van der Waals surface area contributed by atoms with Gasteiger partial charge in [0.15, 0.2) is 0 Å². The number of fused-ring (bicyclic) bond motifs is 1. The van der Waals surface area contributed by atoms with Crippen LogP contribution in [0.5, 0.6) is 0 Å². The Labute approximate surface area is 142 Å². The highest BCUT2D eigenvalue weighted by molar-refractivity contribution is 9.10. The number of hydrogen-bond donors (Lipinski definition) is 1. The molecule has 108 valence electrons. The smallest absolute Gasteiger partial charge is 0.296 e. The molecule has 1 aromatic carbocycles. The summed E-state index contributed by atoms with van der Waals surface area (Å²) < 4.78 is 1.87. The summed E-state index contributed by atoms with van der Waals surface area (Å²) in [6, 6.07) is 5.60. The Morgan fingerprint density at radius 3 is 2.67 bits per heavy atom. The van der Waals surface area contributed by atoms with Crippen LogP contribution in [-0.2, 0) is 11.3 Å². The lowest BCUT2D eigenvalue weighted by atomic mass is 10.1. The molecule has 2 heterocycles. The molecule has 0 bridgehead atoms. The average Bonchev–Trinajstić information content (AvgIpc) is 2.95. The fourth-order valence-electron chi connectivity index (χ4n) is 2.20. The van der Waals surface area contributed by atoms with Crippen molar-refractivity contribution in [2.24, 2.45) is 0 Å². The molecule has 0 aliphatic carbocycles. The van der Waals surface area contributed by atoms with Gasteiger partial charge in [0, 0.05) is 26.3 Å². The predicted molar refractivity (Wildman–Crippen MR) is 91.2 cm³/mol. The molecule has 1 aromatic heterocycles. The zero-order valence-electron chi connectivity index (χ0n) is 10.9. The number of ketones is 1. The van der Waals surface area contributed by atoms with Crippen LogP contribution >= 0.6 is 43.2 Å². The molecular formula is C14H10Br2N2O2S. The molecule has 1 aliphatic heterocycles. The molecule has 0 saturated heterocycles. The maximum atomic E-state index is 11.7. The second kappa shape index (κ2) is 5.55. The molecule has 4 nitrogen and oxygen atoms in total. The highest BCUT2D eigenvalue weighted by Gasteiger charge is 2.29. The first-order valence-electron chi connectivity index (χ1n) is 6.09. The summed E-state index contributed by atoms with van der Waals surface area (Å²) in [6.07, 6.45) is 0. The maximum Gasteiger partial charge on any atom is 0.296 e.